The van der Waals surface area contributed by atoms with Crippen LogP contribution in [0.3, 0.4) is 0 Å². The Kier molecular flexibility index (Phi) is 3.65. The molecular formula is C19H19FN4O. The largest absolute Gasteiger partial charge is 0.388 e. The van der Waals surface area contributed by atoms with Gasteiger partial charge in [0.1, 0.15) is 5.82 Å². The highest BCUT2D eigenvalue weighted by molar-refractivity contribution is 5.78. The number of rotatable bonds is 2. The monoisotopic (exact) mass is 338 g/mol. The number of aliphatic hydroxyl groups excluding tert-OH is 1. The van der Waals surface area contributed by atoms with Gasteiger partial charge in [0, 0.05) is 11.1 Å². The summed E-state index contributed by atoms with van der Waals surface area (Å²) in [6.07, 6.45) is 0.553. The van der Waals surface area contributed by atoms with Crippen LogP contribution in [0.15, 0.2) is 24.3 Å². The Labute approximate surface area is 145 Å². The van der Waals surface area contributed by atoms with Gasteiger partial charge in [-0.2, -0.15) is 4.80 Å². The normalized spacial score (nSPS) is 16.3. The molecule has 1 aliphatic carbocycles. The van der Waals surface area contributed by atoms with Gasteiger partial charge in [0.25, 0.3) is 0 Å². The first-order chi connectivity index (χ1) is 12.0. The number of halogens is 1. The van der Waals surface area contributed by atoms with Crippen LogP contribution in [0.4, 0.5) is 4.39 Å². The van der Waals surface area contributed by atoms with Crippen LogP contribution in [0.25, 0.3) is 22.5 Å². The van der Waals surface area contributed by atoms with Crippen molar-refractivity contribution >= 4 is 0 Å². The summed E-state index contributed by atoms with van der Waals surface area (Å²) in [5.74, 6) is 0.263. The molecule has 5 nitrogen and oxygen atoms in total. The minimum absolute atomic E-state index is 0.320. The summed E-state index contributed by atoms with van der Waals surface area (Å²) in [4.78, 5) is 1.43. The molecule has 0 saturated carbocycles. The quantitative estimate of drug-likeness (QED) is 0.779. The molecule has 4 rings (SSSR count). The number of tetrazole rings is 1. The lowest BCUT2D eigenvalue weighted by Gasteiger charge is -2.16. The molecule has 3 aromatic rings. The molecule has 0 fully saturated rings. The second kappa shape index (κ2) is 5.74. The number of benzene rings is 2. The predicted molar refractivity (Wildman–Crippen MR) is 92.4 cm³/mol. The Morgan fingerprint density at radius 1 is 1.20 bits per heavy atom. The number of nitrogens with zero attached hydrogens (tertiary/aromatic N) is 4. The molecule has 1 aromatic heterocycles. The Morgan fingerprint density at radius 2 is 1.92 bits per heavy atom. The van der Waals surface area contributed by atoms with Crippen LogP contribution in [0.2, 0.25) is 0 Å². The second-order valence-corrected chi connectivity index (χ2v) is 6.63. The van der Waals surface area contributed by atoms with Gasteiger partial charge in [0.05, 0.1) is 13.2 Å². The number of aromatic nitrogens is 4. The molecular weight excluding hydrogens is 319 g/mol. The summed E-state index contributed by atoms with van der Waals surface area (Å²) >= 11 is 0. The maximum Gasteiger partial charge on any atom is 0.204 e. The molecule has 0 radical (unpaired) electrons. The minimum atomic E-state index is -0.710. The lowest BCUT2D eigenvalue weighted by Crippen LogP contribution is -1.99. The van der Waals surface area contributed by atoms with Crippen molar-refractivity contribution in [3.05, 3.63) is 52.3 Å². The summed E-state index contributed by atoms with van der Waals surface area (Å²) in [6.45, 7) is 4.06. The average molecular weight is 338 g/mol. The Morgan fingerprint density at radius 3 is 2.56 bits per heavy atom. The van der Waals surface area contributed by atoms with Crippen LogP contribution in [-0.4, -0.2) is 25.3 Å². The molecule has 1 heterocycles. The first-order valence-electron chi connectivity index (χ1n) is 8.31. The van der Waals surface area contributed by atoms with Crippen LogP contribution in [0.1, 0.15) is 34.8 Å². The summed E-state index contributed by atoms with van der Waals surface area (Å²) < 4.78 is 14.1. The third kappa shape index (κ3) is 2.53. The van der Waals surface area contributed by atoms with E-state index >= 15 is 0 Å². The second-order valence-electron chi connectivity index (χ2n) is 6.63. The van der Waals surface area contributed by atoms with E-state index in [0.29, 0.717) is 24.2 Å². The van der Waals surface area contributed by atoms with Crippen molar-refractivity contribution in [1.29, 1.82) is 0 Å². The lowest BCUT2D eigenvalue weighted by atomic mass is 9.89. The van der Waals surface area contributed by atoms with Crippen molar-refractivity contribution in [2.24, 2.45) is 7.05 Å². The van der Waals surface area contributed by atoms with E-state index in [2.05, 4.69) is 15.4 Å². The molecule has 0 bridgehead atoms. The molecule has 1 N–H and O–H groups in total. The molecule has 1 atom stereocenters. The first-order valence-corrected chi connectivity index (χ1v) is 8.31. The molecule has 0 amide bonds. The summed E-state index contributed by atoms with van der Waals surface area (Å²) in [5, 5.41) is 22.3. The number of hydrogen-bond donors (Lipinski definition) is 1. The average Bonchev–Trinajstić information content (AvgIpc) is 3.16. The number of hydrogen-bond acceptors (Lipinski definition) is 4. The van der Waals surface area contributed by atoms with E-state index in [9.17, 15) is 9.50 Å². The zero-order chi connectivity index (χ0) is 17.7. The van der Waals surface area contributed by atoms with Gasteiger partial charge in [-0.05, 0) is 77.9 Å². The highest BCUT2D eigenvalue weighted by Crippen LogP contribution is 2.41. The zero-order valence-corrected chi connectivity index (χ0v) is 14.4. The molecule has 1 aliphatic rings. The molecule has 2 aromatic carbocycles. The molecule has 0 spiro atoms. The van der Waals surface area contributed by atoms with E-state index in [-0.39, 0.29) is 5.82 Å². The zero-order valence-electron chi connectivity index (χ0n) is 14.4. The van der Waals surface area contributed by atoms with Crippen molar-refractivity contribution in [1.82, 2.24) is 20.2 Å². The van der Waals surface area contributed by atoms with Gasteiger partial charge in [0.2, 0.25) is 5.82 Å². The number of aryl methyl sites for hydroxylation is 3. The van der Waals surface area contributed by atoms with Crippen molar-refractivity contribution in [2.45, 2.75) is 32.8 Å². The highest BCUT2D eigenvalue weighted by Gasteiger charge is 2.27. The molecule has 0 aliphatic heterocycles. The SMILES string of the molecule is Cc1cc(-c2nnn(C)n2)cc(C)c1-c1ccc(F)c2c1CC[C@@H]2O. The van der Waals surface area contributed by atoms with E-state index in [0.717, 1.165) is 33.4 Å². The van der Waals surface area contributed by atoms with Gasteiger partial charge in [-0.3, -0.25) is 0 Å². The molecule has 128 valence electrons. The van der Waals surface area contributed by atoms with Crippen LogP contribution in [-0.2, 0) is 13.5 Å². The Bertz CT molecular complexity index is 957. The van der Waals surface area contributed by atoms with E-state index in [1.54, 1.807) is 7.05 Å². The van der Waals surface area contributed by atoms with Gasteiger partial charge >= 0.3 is 0 Å². The van der Waals surface area contributed by atoms with E-state index in [4.69, 9.17) is 0 Å². The minimum Gasteiger partial charge on any atom is -0.388 e. The highest BCUT2D eigenvalue weighted by atomic mass is 19.1. The standard InChI is InChI=1S/C19H19FN4O/c1-10-8-12(19-21-23-24(3)22-19)9-11(2)17(10)13-4-6-15(20)18-14(13)5-7-16(18)25/h4,6,8-9,16,25H,5,7H2,1-3H3/t16-/m0/s1. The maximum absolute atomic E-state index is 14.1. The summed E-state index contributed by atoms with van der Waals surface area (Å²) in [7, 11) is 1.73. The lowest BCUT2D eigenvalue weighted by molar-refractivity contribution is 0.176. The summed E-state index contributed by atoms with van der Waals surface area (Å²) in [5.41, 5.74) is 6.50. The fourth-order valence-corrected chi connectivity index (χ4v) is 3.84. The van der Waals surface area contributed by atoms with Crippen LogP contribution < -0.4 is 0 Å². The first kappa shape index (κ1) is 15.9. The van der Waals surface area contributed by atoms with E-state index in [1.807, 2.05) is 32.0 Å². The van der Waals surface area contributed by atoms with E-state index in [1.165, 1.54) is 10.9 Å². The van der Waals surface area contributed by atoms with E-state index < -0.39 is 6.10 Å². The maximum atomic E-state index is 14.1. The van der Waals surface area contributed by atoms with Gasteiger partial charge in [-0.1, -0.05) is 6.07 Å². The van der Waals surface area contributed by atoms with Gasteiger partial charge in [-0.25, -0.2) is 4.39 Å². The Hall–Kier alpha value is -2.60. The fraction of sp³-hybridized carbons (Fsp3) is 0.316. The van der Waals surface area contributed by atoms with Crippen molar-refractivity contribution in [2.75, 3.05) is 0 Å². The number of fused-ring (bicyclic) bond motifs is 1. The van der Waals surface area contributed by atoms with Crippen molar-refractivity contribution < 1.29 is 9.50 Å². The smallest absolute Gasteiger partial charge is 0.204 e. The Balaban J connectivity index is 1.88. The molecule has 6 heteroatoms. The van der Waals surface area contributed by atoms with Gasteiger partial charge in [-0.15, -0.1) is 10.2 Å². The molecule has 0 unspecified atom stereocenters. The fourth-order valence-electron chi connectivity index (χ4n) is 3.84. The van der Waals surface area contributed by atoms with Crippen LogP contribution >= 0.6 is 0 Å². The third-order valence-corrected chi connectivity index (χ3v) is 4.87. The van der Waals surface area contributed by atoms with Crippen LogP contribution in [0, 0.1) is 19.7 Å². The van der Waals surface area contributed by atoms with Gasteiger partial charge in [0.15, 0.2) is 0 Å². The van der Waals surface area contributed by atoms with Crippen molar-refractivity contribution in [3.63, 3.8) is 0 Å². The number of aliphatic hydroxyl groups is 1. The molecule has 0 saturated heterocycles. The molecule has 25 heavy (non-hydrogen) atoms. The third-order valence-electron chi connectivity index (χ3n) is 4.87. The summed E-state index contributed by atoms with van der Waals surface area (Å²) in [6, 6.07) is 7.34. The van der Waals surface area contributed by atoms with Crippen LogP contribution in [0.5, 0.6) is 0 Å². The van der Waals surface area contributed by atoms with Crippen molar-refractivity contribution in [3.8, 4) is 22.5 Å². The van der Waals surface area contributed by atoms with Gasteiger partial charge < -0.3 is 5.11 Å². The topological polar surface area (TPSA) is 63.8 Å². The predicted octanol–water partition coefficient (Wildman–Crippen LogP) is 3.28.